The molecule has 3 aromatic rings. The van der Waals surface area contributed by atoms with Crippen molar-refractivity contribution in [3.63, 3.8) is 0 Å². The Balaban J connectivity index is 2.29. The highest BCUT2D eigenvalue weighted by atomic mass is 16.1. The highest BCUT2D eigenvalue weighted by Crippen LogP contribution is 2.18. The van der Waals surface area contributed by atoms with Gasteiger partial charge in [0, 0.05) is 11.3 Å². The zero-order valence-corrected chi connectivity index (χ0v) is 10.9. The number of carbonyl (C=O) groups excluding carboxylic acids is 1. The third kappa shape index (κ3) is 1.89. The Kier molecular flexibility index (Phi) is 2.68. The molecular weight excluding hydrogens is 254 g/mol. The average molecular weight is 267 g/mol. The lowest BCUT2D eigenvalue weighted by Gasteiger charge is -2.05. The number of nitrogens with one attached hydrogen (secondary N) is 1. The Morgan fingerprint density at radius 2 is 2.00 bits per heavy atom. The summed E-state index contributed by atoms with van der Waals surface area (Å²) in [5.74, 6) is -0.0380. The van der Waals surface area contributed by atoms with Crippen LogP contribution in [0.1, 0.15) is 17.3 Å². The van der Waals surface area contributed by atoms with E-state index in [1.165, 1.54) is 11.5 Å². The summed E-state index contributed by atoms with van der Waals surface area (Å²) in [7, 11) is 0. The van der Waals surface area contributed by atoms with Crippen LogP contribution in [0.25, 0.3) is 16.7 Å². The third-order valence-electron chi connectivity index (χ3n) is 3.22. The van der Waals surface area contributed by atoms with Crippen molar-refractivity contribution < 1.29 is 4.79 Å². The fourth-order valence-corrected chi connectivity index (χ4v) is 2.25. The molecule has 0 saturated heterocycles. The first-order chi connectivity index (χ1) is 9.56. The van der Waals surface area contributed by atoms with Gasteiger partial charge in [0.05, 0.1) is 16.7 Å². The van der Waals surface area contributed by atoms with Crippen LogP contribution in [-0.2, 0) is 0 Å². The van der Waals surface area contributed by atoms with E-state index in [9.17, 15) is 9.59 Å². The highest BCUT2D eigenvalue weighted by molar-refractivity contribution is 5.94. The molecule has 20 heavy (non-hydrogen) atoms. The molecule has 0 fully saturated rings. The van der Waals surface area contributed by atoms with Crippen molar-refractivity contribution in [1.29, 1.82) is 0 Å². The van der Waals surface area contributed by atoms with E-state index in [0.717, 1.165) is 5.52 Å². The second-order valence-electron chi connectivity index (χ2n) is 4.65. The SMILES string of the molecule is CC(=O)c1cccc(-n2c(=O)[nH]c3cc(N)ccc32)c1. The van der Waals surface area contributed by atoms with Gasteiger partial charge in [-0.2, -0.15) is 0 Å². The molecule has 0 saturated carbocycles. The van der Waals surface area contributed by atoms with Crippen LogP contribution in [0.2, 0.25) is 0 Å². The van der Waals surface area contributed by atoms with Crippen LogP contribution in [0.3, 0.4) is 0 Å². The normalized spacial score (nSPS) is 10.8. The van der Waals surface area contributed by atoms with E-state index in [4.69, 9.17) is 5.73 Å². The van der Waals surface area contributed by atoms with Gasteiger partial charge in [-0.3, -0.25) is 9.36 Å². The van der Waals surface area contributed by atoms with Crippen molar-refractivity contribution in [1.82, 2.24) is 9.55 Å². The number of aromatic amines is 1. The number of rotatable bonds is 2. The molecule has 0 unspecified atom stereocenters. The number of nitrogen functional groups attached to an aromatic ring is 1. The van der Waals surface area contributed by atoms with Gasteiger partial charge in [0.2, 0.25) is 0 Å². The zero-order chi connectivity index (χ0) is 14.3. The molecular formula is C15H13N3O2. The lowest BCUT2D eigenvalue weighted by Crippen LogP contribution is -2.14. The standard InChI is InChI=1S/C15H13N3O2/c1-9(19)10-3-2-4-12(7-10)18-14-6-5-11(16)8-13(14)17-15(18)20/h2-8H,16H2,1H3,(H,17,20). The van der Waals surface area contributed by atoms with Gasteiger partial charge in [0.15, 0.2) is 5.78 Å². The van der Waals surface area contributed by atoms with Gasteiger partial charge in [-0.05, 0) is 37.3 Å². The molecule has 5 heteroatoms. The van der Waals surface area contributed by atoms with Crippen molar-refractivity contribution >= 4 is 22.5 Å². The Morgan fingerprint density at radius 3 is 2.75 bits per heavy atom. The second-order valence-corrected chi connectivity index (χ2v) is 4.65. The van der Waals surface area contributed by atoms with Gasteiger partial charge >= 0.3 is 5.69 Å². The minimum atomic E-state index is -0.258. The van der Waals surface area contributed by atoms with Crippen LogP contribution in [0, 0.1) is 0 Å². The van der Waals surface area contributed by atoms with E-state index < -0.39 is 0 Å². The number of anilines is 1. The molecule has 3 rings (SSSR count). The minimum Gasteiger partial charge on any atom is -0.399 e. The van der Waals surface area contributed by atoms with Gasteiger partial charge in [-0.25, -0.2) is 4.79 Å². The molecule has 0 atom stereocenters. The number of Topliss-reactive ketones (excluding diaryl/α,β-unsaturated/α-hetero) is 1. The fourth-order valence-electron chi connectivity index (χ4n) is 2.25. The highest BCUT2D eigenvalue weighted by Gasteiger charge is 2.10. The summed E-state index contributed by atoms with van der Waals surface area (Å²) in [6.07, 6.45) is 0. The molecule has 5 nitrogen and oxygen atoms in total. The Hall–Kier alpha value is -2.82. The molecule has 0 aliphatic heterocycles. The maximum Gasteiger partial charge on any atom is 0.331 e. The van der Waals surface area contributed by atoms with Crippen LogP contribution in [0.5, 0.6) is 0 Å². The summed E-state index contributed by atoms with van der Waals surface area (Å²) in [5.41, 5.74) is 8.65. The van der Waals surface area contributed by atoms with E-state index in [1.807, 2.05) is 0 Å². The molecule has 3 N–H and O–H groups in total. The summed E-state index contributed by atoms with van der Waals surface area (Å²) in [4.78, 5) is 26.3. The lowest BCUT2D eigenvalue weighted by molar-refractivity contribution is 0.101. The molecule has 2 aromatic carbocycles. The number of ketones is 1. The van der Waals surface area contributed by atoms with Gasteiger partial charge in [-0.1, -0.05) is 12.1 Å². The largest absolute Gasteiger partial charge is 0.399 e. The Bertz CT molecular complexity index is 874. The summed E-state index contributed by atoms with van der Waals surface area (Å²) in [6.45, 7) is 1.50. The molecule has 0 bridgehead atoms. The number of H-pyrrole nitrogens is 1. The average Bonchev–Trinajstić information content (AvgIpc) is 2.73. The molecule has 0 amide bonds. The van der Waals surface area contributed by atoms with E-state index in [2.05, 4.69) is 4.98 Å². The maximum absolute atomic E-state index is 12.1. The van der Waals surface area contributed by atoms with E-state index in [-0.39, 0.29) is 11.5 Å². The van der Waals surface area contributed by atoms with Gasteiger partial charge in [0.1, 0.15) is 0 Å². The predicted octanol–water partition coefficient (Wildman–Crippen LogP) is 2.10. The van der Waals surface area contributed by atoms with Crippen LogP contribution < -0.4 is 11.4 Å². The number of hydrogen-bond acceptors (Lipinski definition) is 3. The second kappa shape index (κ2) is 4.38. The number of nitrogens with zero attached hydrogens (tertiary/aromatic N) is 1. The smallest absolute Gasteiger partial charge is 0.331 e. The van der Waals surface area contributed by atoms with Crippen LogP contribution >= 0.6 is 0 Å². The van der Waals surface area contributed by atoms with Crippen molar-refractivity contribution in [2.24, 2.45) is 0 Å². The van der Waals surface area contributed by atoms with E-state index in [1.54, 1.807) is 42.5 Å². The van der Waals surface area contributed by atoms with Crippen molar-refractivity contribution in [3.05, 3.63) is 58.5 Å². The summed E-state index contributed by atoms with van der Waals surface area (Å²) < 4.78 is 1.53. The van der Waals surface area contributed by atoms with Crippen molar-refractivity contribution in [2.45, 2.75) is 6.92 Å². The molecule has 0 aliphatic rings. The van der Waals surface area contributed by atoms with Crippen LogP contribution in [0.4, 0.5) is 5.69 Å². The summed E-state index contributed by atoms with van der Waals surface area (Å²) >= 11 is 0. The zero-order valence-electron chi connectivity index (χ0n) is 10.9. The van der Waals surface area contributed by atoms with Crippen molar-refractivity contribution in [3.8, 4) is 5.69 Å². The third-order valence-corrected chi connectivity index (χ3v) is 3.22. The first-order valence-electron chi connectivity index (χ1n) is 6.18. The van der Waals surface area contributed by atoms with Crippen LogP contribution in [-0.4, -0.2) is 15.3 Å². The number of nitrogens with two attached hydrogens (primary N) is 1. The predicted molar refractivity (Wildman–Crippen MR) is 78.3 cm³/mol. The number of carbonyl (C=O) groups is 1. The molecule has 100 valence electrons. The topological polar surface area (TPSA) is 80.9 Å². The first-order valence-corrected chi connectivity index (χ1v) is 6.18. The number of imidazole rings is 1. The van der Waals surface area contributed by atoms with E-state index in [0.29, 0.717) is 22.5 Å². The Morgan fingerprint density at radius 1 is 1.20 bits per heavy atom. The van der Waals surface area contributed by atoms with E-state index >= 15 is 0 Å². The summed E-state index contributed by atoms with van der Waals surface area (Å²) in [5, 5.41) is 0. The molecule has 0 radical (unpaired) electrons. The van der Waals surface area contributed by atoms with Crippen LogP contribution in [0.15, 0.2) is 47.3 Å². The maximum atomic E-state index is 12.1. The van der Waals surface area contributed by atoms with Gasteiger partial charge in [0.25, 0.3) is 0 Å². The molecule has 1 heterocycles. The number of aromatic nitrogens is 2. The quantitative estimate of drug-likeness (QED) is 0.551. The van der Waals surface area contributed by atoms with Crippen molar-refractivity contribution in [2.75, 3.05) is 5.73 Å². The lowest BCUT2D eigenvalue weighted by atomic mass is 10.1. The number of benzene rings is 2. The number of fused-ring (bicyclic) bond motifs is 1. The van der Waals surface area contributed by atoms with Gasteiger partial charge in [-0.15, -0.1) is 0 Å². The molecule has 0 spiro atoms. The first kappa shape index (κ1) is 12.2. The monoisotopic (exact) mass is 267 g/mol. The minimum absolute atomic E-state index is 0.0380. The fraction of sp³-hybridized carbons (Fsp3) is 0.0667. The Labute approximate surface area is 114 Å². The number of hydrogen-bond donors (Lipinski definition) is 2. The van der Waals surface area contributed by atoms with Gasteiger partial charge < -0.3 is 10.7 Å². The molecule has 0 aliphatic carbocycles. The molecule has 1 aromatic heterocycles. The summed E-state index contributed by atoms with van der Waals surface area (Å²) in [6, 6.07) is 12.2.